The van der Waals surface area contributed by atoms with Crippen LogP contribution in [0.1, 0.15) is 25.7 Å². The summed E-state index contributed by atoms with van der Waals surface area (Å²) in [6.07, 6.45) is 5.91. The second kappa shape index (κ2) is 7.31. The van der Waals surface area contributed by atoms with Crippen molar-refractivity contribution in [1.29, 1.82) is 0 Å². The minimum atomic E-state index is -2.94. The predicted molar refractivity (Wildman–Crippen MR) is 77.0 cm³/mol. The van der Waals surface area contributed by atoms with Gasteiger partial charge in [-0.15, -0.1) is 24.0 Å². The summed E-state index contributed by atoms with van der Waals surface area (Å²) in [7, 11) is -2.94. The van der Waals surface area contributed by atoms with E-state index < -0.39 is 9.84 Å². The van der Waals surface area contributed by atoms with Crippen LogP contribution in [0.25, 0.3) is 0 Å². The highest BCUT2D eigenvalue weighted by Crippen LogP contribution is 2.17. The molecule has 0 heterocycles. The number of hydrogen-bond acceptors (Lipinski definition) is 3. The Kier molecular flexibility index (Phi) is 7.29. The minimum Gasteiger partial charge on any atom is -0.370 e. The number of halogens is 1. The molecule has 5 nitrogen and oxygen atoms in total. The van der Waals surface area contributed by atoms with Gasteiger partial charge in [0.2, 0.25) is 0 Å². The van der Waals surface area contributed by atoms with E-state index in [9.17, 15) is 8.42 Å². The third-order valence-electron chi connectivity index (χ3n) is 2.45. The number of nitrogens with two attached hydrogens (primary N) is 1. The van der Waals surface area contributed by atoms with E-state index >= 15 is 0 Å². The molecule has 1 aliphatic carbocycles. The van der Waals surface area contributed by atoms with Gasteiger partial charge in [0, 0.05) is 12.3 Å². The highest BCUT2D eigenvalue weighted by Gasteiger charge is 2.14. The smallest absolute Gasteiger partial charge is 0.188 e. The molecule has 0 aliphatic heterocycles. The van der Waals surface area contributed by atoms with E-state index in [0.717, 1.165) is 12.8 Å². The van der Waals surface area contributed by atoms with E-state index in [-0.39, 0.29) is 36.3 Å². The van der Waals surface area contributed by atoms with Crippen LogP contribution in [0, 0.1) is 0 Å². The van der Waals surface area contributed by atoms with E-state index in [0.29, 0.717) is 12.0 Å². The highest BCUT2D eigenvalue weighted by molar-refractivity contribution is 14.0. The van der Waals surface area contributed by atoms with Crippen molar-refractivity contribution in [3.63, 3.8) is 0 Å². The summed E-state index contributed by atoms with van der Waals surface area (Å²) >= 11 is 0. The largest absolute Gasteiger partial charge is 0.370 e. The first-order valence-corrected chi connectivity index (χ1v) is 7.27. The van der Waals surface area contributed by atoms with Gasteiger partial charge in [0.1, 0.15) is 9.84 Å². The Bertz CT molecular complexity index is 324. The molecule has 7 heteroatoms. The molecule has 0 unspecified atom stereocenters. The van der Waals surface area contributed by atoms with Gasteiger partial charge in [-0.3, -0.25) is 4.99 Å². The van der Waals surface area contributed by atoms with Crippen LogP contribution in [0.4, 0.5) is 0 Å². The van der Waals surface area contributed by atoms with Crippen LogP contribution < -0.4 is 11.1 Å². The quantitative estimate of drug-likeness (QED) is 0.434. The van der Waals surface area contributed by atoms with Crippen molar-refractivity contribution >= 4 is 39.8 Å². The van der Waals surface area contributed by atoms with Gasteiger partial charge in [-0.1, -0.05) is 12.8 Å². The van der Waals surface area contributed by atoms with Crippen molar-refractivity contribution < 1.29 is 8.42 Å². The second-order valence-corrected chi connectivity index (χ2v) is 6.28. The number of aliphatic imine (C=N–C) groups is 1. The fourth-order valence-electron chi connectivity index (χ4n) is 1.66. The molecule has 3 N–H and O–H groups in total. The average molecular weight is 361 g/mol. The van der Waals surface area contributed by atoms with E-state index in [1.54, 1.807) is 0 Å². The van der Waals surface area contributed by atoms with Crippen molar-refractivity contribution in [1.82, 2.24) is 5.32 Å². The Morgan fingerprint density at radius 1 is 1.44 bits per heavy atom. The molecule has 0 aromatic heterocycles. The second-order valence-electron chi connectivity index (χ2n) is 4.02. The Labute approximate surface area is 114 Å². The van der Waals surface area contributed by atoms with Crippen molar-refractivity contribution in [2.45, 2.75) is 31.7 Å². The zero-order valence-electron chi connectivity index (χ0n) is 9.48. The monoisotopic (exact) mass is 361 g/mol. The van der Waals surface area contributed by atoms with Crippen molar-refractivity contribution in [3.05, 3.63) is 0 Å². The molecule has 0 radical (unpaired) electrons. The van der Waals surface area contributed by atoms with Gasteiger partial charge in [-0.2, -0.15) is 0 Å². The number of guanidine groups is 1. The first kappa shape index (κ1) is 16.0. The van der Waals surface area contributed by atoms with Crippen LogP contribution in [0.3, 0.4) is 0 Å². The summed E-state index contributed by atoms with van der Waals surface area (Å²) < 4.78 is 21.7. The van der Waals surface area contributed by atoms with E-state index in [1.165, 1.54) is 19.1 Å². The third-order valence-corrected chi connectivity index (χ3v) is 3.38. The highest BCUT2D eigenvalue weighted by atomic mass is 127. The van der Waals surface area contributed by atoms with E-state index in [2.05, 4.69) is 10.3 Å². The molecule has 1 aliphatic rings. The zero-order valence-corrected chi connectivity index (χ0v) is 12.6. The fourth-order valence-corrected chi connectivity index (χ4v) is 2.08. The maximum absolute atomic E-state index is 10.8. The van der Waals surface area contributed by atoms with Gasteiger partial charge in [0.15, 0.2) is 5.96 Å². The molecule has 0 amide bonds. The van der Waals surface area contributed by atoms with Gasteiger partial charge in [0.05, 0.1) is 12.3 Å². The van der Waals surface area contributed by atoms with Gasteiger partial charge < -0.3 is 11.1 Å². The third kappa shape index (κ3) is 7.26. The molecule has 1 rings (SSSR count). The number of nitrogens with one attached hydrogen (secondary N) is 1. The lowest BCUT2D eigenvalue weighted by atomic mass is 10.3. The summed E-state index contributed by atoms with van der Waals surface area (Å²) in [6.45, 7) is 0.240. The Morgan fingerprint density at radius 2 is 2.00 bits per heavy atom. The van der Waals surface area contributed by atoms with Gasteiger partial charge in [-0.05, 0) is 12.8 Å². The fraction of sp³-hybridized carbons (Fsp3) is 0.889. The molecular formula is C9H20IN3O2S. The summed E-state index contributed by atoms with van der Waals surface area (Å²) in [5, 5.41) is 3.10. The van der Waals surface area contributed by atoms with Crippen LogP contribution in [0.15, 0.2) is 4.99 Å². The summed E-state index contributed by atoms with van der Waals surface area (Å²) in [5.41, 5.74) is 5.63. The SMILES string of the molecule is CS(=O)(=O)CCN=C(N)NC1CCCC1.I. The topological polar surface area (TPSA) is 84.5 Å². The lowest BCUT2D eigenvalue weighted by Crippen LogP contribution is -2.38. The first-order valence-electron chi connectivity index (χ1n) is 5.21. The number of nitrogens with zero attached hydrogens (tertiary/aromatic N) is 1. The lowest BCUT2D eigenvalue weighted by Gasteiger charge is -2.11. The molecule has 0 aromatic carbocycles. The maximum Gasteiger partial charge on any atom is 0.188 e. The molecule has 1 fully saturated rings. The lowest BCUT2D eigenvalue weighted by molar-refractivity contribution is 0.601. The van der Waals surface area contributed by atoms with E-state index in [1.807, 2.05) is 0 Å². The van der Waals surface area contributed by atoms with E-state index in [4.69, 9.17) is 5.73 Å². The summed E-state index contributed by atoms with van der Waals surface area (Å²) in [4.78, 5) is 3.98. The van der Waals surface area contributed by atoms with Crippen LogP contribution in [0.5, 0.6) is 0 Å². The number of hydrogen-bond donors (Lipinski definition) is 2. The molecule has 0 bridgehead atoms. The molecule has 16 heavy (non-hydrogen) atoms. The Hall–Kier alpha value is -0.0500. The Morgan fingerprint density at radius 3 is 2.50 bits per heavy atom. The standard InChI is InChI=1S/C9H19N3O2S.HI/c1-15(13,14)7-6-11-9(10)12-8-4-2-3-5-8;/h8H,2-7H2,1H3,(H3,10,11,12);1H. The molecule has 0 spiro atoms. The molecule has 0 aromatic rings. The summed E-state index contributed by atoms with van der Waals surface area (Å²) in [5.74, 6) is 0.422. The molecule has 96 valence electrons. The minimum absolute atomic E-state index is 0. The van der Waals surface area contributed by atoms with Gasteiger partial charge in [-0.25, -0.2) is 8.42 Å². The molecule has 0 saturated heterocycles. The van der Waals surface area contributed by atoms with Crippen LogP contribution >= 0.6 is 24.0 Å². The molecule has 1 saturated carbocycles. The van der Waals surface area contributed by atoms with Crippen LogP contribution in [-0.4, -0.2) is 39.0 Å². The van der Waals surface area contributed by atoms with Crippen molar-refractivity contribution in [3.8, 4) is 0 Å². The normalized spacial score (nSPS) is 18.2. The molecule has 0 atom stereocenters. The molecular weight excluding hydrogens is 341 g/mol. The predicted octanol–water partition coefficient (Wildman–Crippen LogP) is 0.496. The first-order chi connectivity index (χ1) is 6.97. The summed E-state index contributed by atoms with van der Waals surface area (Å²) in [6, 6.07) is 0.423. The van der Waals surface area contributed by atoms with Crippen LogP contribution in [-0.2, 0) is 9.84 Å². The van der Waals surface area contributed by atoms with Crippen molar-refractivity contribution in [2.24, 2.45) is 10.7 Å². The maximum atomic E-state index is 10.8. The van der Waals surface area contributed by atoms with Crippen molar-refractivity contribution in [2.75, 3.05) is 18.6 Å². The Balaban J connectivity index is 0.00000225. The van der Waals surface area contributed by atoms with Gasteiger partial charge in [0.25, 0.3) is 0 Å². The number of sulfone groups is 1. The number of rotatable bonds is 4. The van der Waals surface area contributed by atoms with Gasteiger partial charge >= 0.3 is 0 Å². The zero-order chi connectivity index (χ0) is 11.3. The average Bonchev–Trinajstić information content (AvgIpc) is 2.54. The van der Waals surface area contributed by atoms with Crippen LogP contribution in [0.2, 0.25) is 0 Å².